The second-order valence-electron chi connectivity index (χ2n) is 5.58. The van der Waals surface area contributed by atoms with Crippen molar-refractivity contribution in [1.29, 1.82) is 0 Å². The Hall–Kier alpha value is -2.64. The van der Waals surface area contributed by atoms with Crippen LogP contribution in [0.5, 0.6) is 0 Å². The van der Waals surface area contributed by atoms with Crippen molar-refractivity contribution < 1.29 is 18.0 Å². The van der Waals surface area contributed by atoms with Crippen molar-refractivity contribution in [1.82, 2.24) is 9.97 Å². The normalized spacial score (nSPS) is 11.2. The molecule has 0 aliphatic heterocycles. The van der Waals surface area contributed by atoms with Gasteiger partial charge in [-0.05, 0) is 30.7 Å². The van der Waals surface area contributed by atoms with Crippen molar-refractivity contribution in [3.05, 3.63) is 47.8 Å². The molecule has 0 aliphatic rings. The third-order valence-corrected chi connectivity index (χ3v) is 3.56. The highest BCUT2D eigenvalue weighted by molar-refractivity contribution is 6.03. The van der Waals surface area contributed by atoms with Crippen molar-refractivity contribution in [2.24, 2.45) is 0 Å². The summed E-state index contributed by atoms with van der Waals surface area (Å²) in [6.45, 7) is 2.90. The number of hydrogen-bond acceptors (Lipinski definition) is 4. The zero-order chi connectivity index (χ0) is 18.4. The van der Waals surface area contributed by atoms with Crippen LogP contribution in [-0.4, -0.2) is 29.5 Å². The standard InChI is InChI=1S/C17H19F3N4O/c1-3-4-9-24(2)16-21-10-12(11-22-16)15(25)23-14-7-5-13(6-8-14)17(18,19)20/h5-8,10-11H,3-4,9H2,1-2H3,(H,23,25). The highest BCUT2D eigenvalue weighted by Crippen LogP contribution is 2.29. The Balaban J connectivity index is 2.01. The molecule has 134 valence electrons. The largest absolute Gasteiger partial charge is 0.416 e. The number of amides is 1. The third-order valence-electron chi connectivity index (χ3n) is 3.56. The van der Waals surface area contributed by atoms with Crippen molar-refractivity contribution in [2.75, 3.05) is 23.8 Å². The topological polar surface area (TPSA) is 58.1 Å². The number of nitrogens with one attached hydrogen (secondary N) is 1. The molecule has 0 saturated heterocycles. The number of aromatic nitrogens is 2. The summed E-state index contributed by atoms with van der Waals surface area (Å²) in [6, 6.07) is 4.23. The molecule has 0 spiro atoms. The monoisotopic (exact) mass is 352 g/mol. The van der Waals surface area contributed by atoms with E-state index in [0.29, 0.717) is 5.95 Å². The molecular formula is C17H19F3N4O. The van der Waals surface area contributed by atoms with E-state index in [1.165, 1.54) is 24.5 Å². The minimum Gasteiger partial charge on any atom is -0.344 e. The lowest BCUT2D eigenvalue weighted by molar-refractivity contribution is -0.137. The molecule has 2 rings (SSSR count). The van der Waals surface area contributed by atoms with Crippen LogP contribution in [0.25, 0.3) is 0 Å². The molecule has 1 aromatic carbocycles. The number of carbonyl (C=O) groups excluding carboxylic acids is 1. The molecule has 1 N–H and O–H groups in total. The smallest absolute Gasteiger partial charge is 0.344 e. The van der Waals surface area contributed by atoms with Crippen LogP contribution in [0.4, 0.5) is 24.8 Å². The molecule has 1 aromatic heterocycles. The van der Waals surface area contributed by atoms with Crippen LogP contribution in [0.1, 0.15) is 35.7 Å². The number of hydrogen-bond donors (Lipinski definition) is 1. The van der Waals surface area contributed by atoms with Gasteiger partial charge in [0.15, 0.2) is 0 Å². The zero-order valence-electron chi connectivity index (χ0n) is 14.0. The number of benzene rings is 1. The highest BCUT2D eigenvalue weighted by Gasteiger charge is 2.30. The van der Waals surface area contributed by atoms with Gasteiger partial charge in [-0.2, -0.15) is 13.2 Å². The third kappa shape index (κ3) is 5.17. The van der Waals surface area contributed by atoms with Crippen molar-refractivity contribution in [3.63, 3.8) is 0 Å². The quantitative estimate of drug-likeness (QED) is 0.854. The first-order valence-electron chi connectivity index (χ1n) is 7.83. The van der Waals surface area contributed by atoms with Gasteiger partial charge in [0, 0.05) is 31.7 Å². The Morgan fingerprint density at radius 3 is 2.28 bits per heavy atom. The molecule has 1 amide bonds. The molecule has 8 heteroatoms. The summed E-state index contributed by atoms with van der Waals surface area (Å²) in [7, 11) is 1.87. The fourth-order valence-electron chi connectivity index (χ4n) is 2.08. The molecule has 0 bridgehead atoms. The van der Waals surface area contributed by atoms with Gasteiger partial charge in [0.05, 0.1) is 11.1 Å². The summed E-state index contributed by atoms with van der Waals surface area (Å²) < 4.78 is 37.6. The van der Waals surface area contributed by atoms with Crippen molar-refractivity contribution >= 4 is 17.5 Å². The van der Waals surface area contributed by atoms with E-state index in [9.17, 15) is 18.0 Å². The number of nitrogens with zero attached hydrogens (tertiary/aromatic N) is 3. The Bertz CT molecular complexity index is 699. The zero-order valence-corrected chi connectivity index (χ0v) is 14.0. The number of alkyl halides is 3. The first-order chi connectivity index (χ1) is 11.8. The predicted octanol–water partition coefficient (Wildman–Crippen LogP) is 3.98. The second-order valence-corrected chi connectivity index (χ2v) is 5.58. The van der Waals surface area contributed by atoms with Gasteiger partial charge in [-0.25, -0.2) is 9.97 Å². The van der Waals surface area contributed by atoms with Crippen molar-refractivity contribution in [2.45, 2.75) is 25.9 Å². The lowest BCUT2D eigenvalue weighted by Crippen LogP contribution is -2.21. The second kappa shape index (κ2) is 7.96. The van der Waals surface area contributed by atoms with E-state index >= 15 is 0 Å². The van der Waals surface area contributed by atoms with Gasteiger partial charge in [-0.3, -0.25) is 4.79 Å². The van der Waals surface area contributed by atoms with E-state index in [4.69, 9.17) is 0 Å². The van der Waals surface area contributed by atoms with Crippen LogP contribution < -0.4 is 10.2 Å². The van der Waals surface area contributed by atoms with Gasteiger partial charge < -0.3 is 10.2 Å². The Kier molecular flexibility index (Phi) is 5.95. The van der Waals surface area contributed by atoms with Gasteiger partial charge in [0.25, 0.3) is 5.91 Å². The maximum atomic E-state index is 12.5. The van der Waals surface area contributed by atoms with Crippen LogP contribution >= 0.6 is 0 Å². The molecule has 2 aromatic rings. The molecule has 0 saturated carbocycles. The first-order valence-corrected chi connectivity index (χ1v) is 7.83. The number of halogens is 3. The summed E-state index contributed by atoms with van der Waals surface area (Å²) in [4.78, 5) is 22.3. The minimum absolute atomic E-state index is 0.229. The summed E-state index contributed by atoms with van der Waals surface area (Å²) in [5, 5.41) is 2.52. The predicted molar refractivity (Wildman–Crippen MR) is 89.6 cm³/mol. The number of unbranched alkanes of at least 4 members (excludes halogenated alkanes) is 1. The van der Waals surface area contributed by atoms with E-state index in [1.807, 2.05) is 11.9 Å². The van der Waals surface area contributed by atoms with E-state index < -0.39 is 17.6 Å². The summed E-state index contributed by atoms with van der Waals surface area (Å²) in [6.07, 6.45) is 0.443. The lowest BCUT2D eigenvalue weighted by atomic mass is 10.2. The Morgan fingerprint density at radius 2 is 1.76 bits per heavy atom. The molecule has 1 heterocycles. The fourth-order valence-corrected chi connectivity index (χ4v) is 2.08. The minimum atomic E-state index is -4.41. The number of rotatable bonds is 6. The van der Waals surface area contributed by atoms with E-state index in [0.717, 1.165) is 31.5 Å². The van der Waals surface area contributed by atoms with E-state index in [2.05, 4.69) is 22.2 Å². The Labute approximate surface area is 143 Å². The van der Waals surface area contributed by atoms with Gasteiger partial charge >= 0.3 is 6.18 Å². The van der Waals surface area contributed by atoms with Gasteiger partial charge in [0.2, 0.25) is 5.95 Å². The molecular weight excluding hydrogens is 333 g/mol. The molecule has 0 atom stereocenters. The van der Waals surface area contributed by atoms with Gasteiger partial charge in [-0.15, -0.1) is 0 Å². The van der Waals surface area contributed by atoms with E-state index in [-0.39, 0.29) is 11.3 Å². The van der Waals surface area contributed by atoms with Crippen LogP contribution in [-0.2, 0) is 6.18 Å². The highest BCUT2D eigenvalue weighted by atomic mass is 19.4. The molecule has 25 heavy (non-hydrogen) atoms. The van der Waals surface area contributed by atoms with Gasteiger partial charge in [-0.1, -0.05) is 13.3 Å². The summed E-state index contributed by atoms with van der Waals surface area (Å²) >= 11 is 0. The summed E-state index contributed by atoms with van der Waals surface area (Å²) in [5.74, 6) is 0.0297. The average Bonchev–Trinajstić information content (AvgIpc) is 2.59. The molecule has 0 unspecified atom stereocenters. The molecule has 0 radical (unpaired) electrons. The van der Waals surface area contributed by atoms with Crippen LogP contribution in [0.15, 0.2) is 36.7 Å². The molecule has 5 nitrogen and oxygen atoms in total. The SMILES string of the molecule is CCCCN(C)c1ncc(C(=O)Nc2ccc(C(F)(F)F)cc2)cn1. The Morgan fingerprint density at radius 1 is 1.16 bits per heavy atom. The average molecular weight is 352 g/mol. The van der Waals surface area contributed by atoms with E-state index in [1.54, 1.807) is 0 Å². The van der Waals surface area contributed by atoms with Crippen LogP contribution in [0.3, 0.4) is 0 Å². The van der Waals surface area contributed by atoms with Crippen LogP contribution in [0.2, 0.25) is 0 Å². The maximum Gasteiger partial charge on any atom is 0.416 e. The van der Waals surface area contributed by atoms with Crippen LogP contribution in [0, 0.1) is 0 Å². The molecule has 0 fully saturated rings. The molecule has 0 aliphatic carbocycles. The number of carbonyl (C=O) groups is 1. The summed E-state index contributed by atoms with van der Waals surface area (Å²) in [5.41, 5.74) is -0.275. The van der Waals surface area contributed by atoms with Gasteiger partial charge in [0.1, 0.15) is 0 Å². The van der Waals surface area contributed by atoms with Crippen molar-refractivity contribution in [3.8, 4) is 0 Å². The first kappa shape index (κ1) is 18.7. The maximum absolute atomic E-state index is 12.5. The lowest BCUT2D eigenvalue weighted by Gasteiger charge is -2.16. The number of anilines is 2. The fraction of sp³-hybridized carbons (Fsp3) is 0.353.